The number of ether oxygens (including phenoxy) is 4. The van der Waals surface area contributed by atoms with Crippen LogP contribution in [0, 0.1) is 11.8 Å². The van der Waals surface area contributed by atoms with Crippen molar-refractivity contribution in [1.82, 2.24) is 0 Å². The van der Waals surface area contributed by atoms with E-state index in [1.165, 1.54) is 0 Å². The van der Waals surface area contributed by atoms with E-state index in [0.717, 1.165) is 33.4 Å². The summed E-state index contributed by atoms with van der Waals surface area (Å²) in [6.07, 6.45) is 28.9. The number of hydrogen-bond acceptors (Lipinski definition) is 14. The third-order valence-electron chi connectivity index (χ3n) is 13.4. The Labute approximate surface area is 454 Å². The number of allylic oxidation sites excluding steroid dienone is 24. The highest BCUT2D eigenvalue weighted by molar-refractivity contribution is 5.34. The van der Waals surface area contributed by atoms with Gasteiger partial charge in [-0.15, -0.1) is 0 Å². The summed E-state index contributed by atoms with van der Waals surface area (Å²) in [4.78, 5) is 0. The second-order valence-electron chi connectivity index (χ2n) is 22.8. The van der Waals surface area contributed by atoms with Gasteiger partial charge in [0.05, 0.1) is 35.6 Å². The summed E-state index contributed by atoms with van der Waals surface area (Å²) in [5, 5.41) is 102. The molecule has 2 heterocycles. The van der Waals surface area contributed by atoms with Crippen LogP contribution in [0.15, 0.2) is 155 Å². The van der Waals surface area contributed by atoms with Crippen molar-refractivity contribution in [1.29, 1.82) is 0 Å². The molecule has 14 heteroatoms. The zero-order valence-corrected chi connectivity index (χ0v) is 47.8. The van der Waals surface area contributed by atoms with Gasteiger partial charge < -0.3 is 70.0 Å². The maximum absolute atomic E-state index is 11.0. The summed E-state index contributed by atoms with van der Waals surface area (Å²) in [5.74, 6) is -0.445. The van der Waals surface area contributed by atoms with Crippen molar-refractivity contribution < 1.29 is 70.0 Å². The van der Waals surface area contributed by atoms with Crippen LogP contribution in [-0.2, 0) is 18.9 Å². The van der Waals surface area contributed by atoms with Gasteiger partial charge >= 0.3 is 0 Å². The zero-order valence-electron chi connectivity index (χ0n) is 47.8. The summed E-state index contributed by atoms with van der Waals surface area (Å²) in [7, 11) is 0. The van der Waals surface area contributed by atoms with Crippen molar-refractivity contribution in [3.05, 3.63) is 155 Å². The molecule has 0 amide bonds. The van der Waals surface area contributed by atoms with Gasteiger partial charge in [0.2, 0.25) is 0 Å². The van der Waals surface area contributed by atoms with E-state index in [-0.39, 0.29) is 11.8 Å². The SMILES string of the molecule is CC(/C=C/C=C(C)/C=C/C=C(C)/C=C/C(CCC(C)(C)O[C@@H]1O[C@H](CO)[C@@H](O)[C@H](O)[C@H]1O)C(C)(C)O)=C\C=C\C=C(C)\C=C\C=C(C)\C=C\C=C(C)\C=C\C(CCC(C)(C)O[C@@H]1O[C@H](CO)[C@@H](O)[C@H](O)[C@H]1O)C(C)(C)O. The lowest BCUT2D eigenvalue weighted by Gasteiger charge is -2.43. The van der Waals surface area contributed by atoms with Crippen molar-refractivity contribution in [3.8, 4) is 0 Å². The van der Waals surface area contributed by atoms with Crippen molar-refractivity contribution in [3.63, 3.8) is 0 Å². The van der Waals surface area contributed by atoms with Gasteiger partial charge in [0.25, 0.3) is 0 Å². The third kappa shape index (κ3) is 25.2. The van der Waals surface area contributed by atoms with E-state index >= 15 is 0 Å². The monoisotopic (exact) mass is 1060 g/mol. The molecule has 0 aromatic heterocycles. The molecule has 2 fully saturated rings. The fourth-order valence-electron chi connectivity index (χ4n) is 8.14. The van der Waals surface area contributed by atoms with Crippen LogP contribution in [0.4, 0.5) is 0 Å². The first-order valence-electron chi connectivity index (χ1n) is 26.5. The molecule has 2 unspecified atom stereocenters. The van der Waals surface area contributed by atoms with E-state index < -0.39 is 97.0 Å². The molecule has 0 saturated carbocycles. The zero-order chi connectivity index (χ0) is 57.6. The molecule has 0 aliphatic carbocycles. The summed E-state index contributed by atoms with van der Waals surface area (Å²) in [6.45, 7) is 25.4. The van der Waals surface area contributed by atoms with E-state index in [9.17, 15) is 51.1 Å². The summed E-state index contributed by atoms with van der Waals surface area (Å²) in [6, 6.07) is 0. The Kier molecular flexibility index (Phi) is 28.9. The maximum atomic E-state index is 11.0. The Hall–Kier alpha value is -3.94. The topological polar surface area (TPSA) is 239 Å². The molecule has 0 radical (unpaired) electrons. The van der Waals surface area contributed by atoms with E-state index in [0.29, 0.717) is 25.7 Å². The third-order valence-corrected chi connectivity index (χ3v) is 13.4. The van der Waals surface area contributed by atoms with Crippen LogP contribution in [0.3, 0.4) is 0 Å². The quantitative estimate of drug-likeness (QED) is 0.0334. The molecule has 2 rings (SSSR count). The Balaban J connectivity index is 1.89. The lowest BCUT2D eigenvalue weighted by molar-refractivity contribution is -0.324. The largest absolute Gasteiger partial charge is 0.394 e. The van der Waals surface area contributed by atoms with Crippen LogP contribution in [0.5, 0.6) is 0 Å². The van der Waals surface area contributed by atoms with Gasteiger partial charge in [-0.05, 0) is 123 Å². The molecule has 2 saturated heterocycles. The molecule has 10 N–H and O–H groups in total. The molecule has 12 atom stereocenters. The second kappa shape index (κ2) is 32.2. The minimum atomic E-state index is -1.52. The van der Waals surface area contributed by atoms with Crippen LogP contribution in [0.25, 0.3) is 0 Å². The highest BCUT2D eigenvalue weighted by Gasteiger charge is 2.47. The van der Waals surface area contributed by atoms with Crippen LogP contribution in [0.2, 0.25) is 0 Å². The summed E-state index contributed by atoms with van der Waals surface area (Å²) in [5.41, 5.74) is 2.67. The first-order chi connectivity index (χ1) is 35.3. The maximum Gasteiger partial charge on any atom is 0.187 e. The predicted molar refractivity (Wildman–Crippen MR) is 302 cm³/mol. The molecule has 0 aromatic rings. The second-order valence-corrected chi connectivity index (χ2v) is 22.8. The van der Waals surface area contributed by atoms with Crippen molar-refractivity contribution in [2.45, 2.75) is 206 Å². The number of rotatable bonds is 28. The molecule has 76 heavy (non-hydrogen) atoms. The Bertz CT molecular complexity index is 2030. The van der Waals surface area contributed by atoms with Gasteiger partial charge in [-0.1, -0.05) is 155 Å². The van der Waals surface area contributed by atoms with Crippen LogP contribution in [0.1, 0.15) is 123 Å². The molecule has 0 aromatic carbocycles. The molecule has 0 bridgehead atoms. The van der Waals surface area contributed by atoms with Gasteiger partial charge in [0, 0.05) is 11.8 Å². The van der Waals surface area contributed by atoms with Gasteiger partial charge in [0.15, 0.2) is 12.6 Å². The minimum Gasteiger partial charge on any atom is -0.394 e. The minimum absolute atomic E-state index is 0.222. The Morgan fingerprint density at radius 2 is 0.671 bits per heavy atom. The van der Waals surface area contributed by atoms with Crippen LogP contribution in [-0.4, -0.2) is 148 Å². The molecule has 2 aliphatic heterocycles. The number of aliphatic hydroxyl groups is 10. The van der Waals surface area contributed by atoms with Gasteiger partial charge in [0.1, 0.15) is 48.8 Å². The first kappa shape index (κ1) is 68.2. The Morgan fingerprint density at radius 1 is 0.408 bits per heavy atom. The van der Waals surface area contributed by atoms with Crippen molar-refractivity contribution in [2.24, 2.45) is 11.8 Å². The Morgan fingerprint density at radius 3 is 0.934 bits per heavy atom. The highest BCUT2D eigenvalue weighted by atomic mass is 16.7. The van der Waals surface area contributed by atoms with Gasteiger partial charge in [-0.25, -0.2) is 0 Å². The summed E-state index contributed by atoms with van der Waals surface area (Å²) < 4.78 is 23.1. The fraction of sp³-hybridized carbons (Fsp3) is 0.581. The molecular formula is C62H96O14. The van der Waals surface area contributed by atoms with Crippen LogP contribution >= 0.6 is 0 Å². The fourth-order valence-corrected chi connectivity index (χ4v) is 8.14. The van der Waals surface area contributed by atoms with E-state index in [2.05, 4.69) is 12.2 Å². The predicted octanol–water partition coefficient (Wildman–Crippen LogP) is 8.08. The molecular weight excluding hydrogens is 969 g/mol. The van der Waals surface area contributed by atoms with E-state index in [1.807, 2.05) is 179 Å². The average Bonchev–Trinajstić information content (AvgIpc) is 3.32. The molecule has 0 spiro atoms. The standard InChI is InChI=1S/C62H96O14/c1-41(23-17-25-43(3)27-19-29-45(5)31-33-47(61(11,12)71)35-37-59(7,8)75-57-55(69)53(67)51(65)49(39-63)73-57)21-15-16-22-42(2)24-18-26-44(4)28-20-30-46(6)32-34-48(62(13,14)72)36-38-60(9,10)76-58-56(70)54(68)52(66)50(40-64)74-58/h15-34,47-58,63-72H,35-40H2,1-14H3/b16-15+,23-17+,24-18+,27-19+,28-20+,33-31+,34-32+,41-21+,42-22+,43-25+,44-26+,45-29+,46-30+/t47?,48?,49-,50-,51-,52-,53+,54+,55-,56-,57+,58+/m1/s1. The summed E-state index contributed by atoms with van der Waals surface area (Å²) >= 11 is 0. The van der Waals surface area contributed by atoms with E-state index in [4.69, 9.17) is 18.9 Å². The molecule has 2 aliphatic rings. The average molecular weight is 1070 g/mol. The first-order valence-corrected chi connectivity index (χ1v) is 26.5. The van der Waals surface area contributed by atoms with E-state index in [1.54, 1.807) is 27.7 Å². The highest BCUT2D eigenvalue weighted by Crippen LogP contribution is 2.34. The van der Waals surface area contributed by atoms with Gasteiger partial charge in [-0.2, -0.15) is 0 Å². The van der Waals surface area contributed by atoms with Crippen molar-refractivity contribution >= 4 is 0 Å². The van der Waals surface area contributed by atoms with Gasteiger partial charge in [-0.3, -0.25) is 0 Å². The number of hydrogen-bond donors (Lipinski definition) is 10. The van der Waals surface area contributed by atoms with Crippen LogP contribution < -0.4 is 0 Å². The molecule has 428 valence electrons. The number of aliphatic hydroxyl groups excluding tert-OH is 8. The lowest BCUT2D eigenvalue weighted by Crippen LogP contribution is -2.60. The van der Waals surface area contributed by atoms with Crippen molar-refractivity contribution in [2.75, 3.05) is 13.2 Å². The normalized spacial score (nSPS) is 28.1. The lowest BCUT2D eigenvalue weighted by atomic mass is 9.83. The molecule has 14 nitrogen and oxygen atoms in total. The smallest absolute Gasteiger partial charge is 0.187 e.